The molecule has 1 rings (SSSR count). The van der Waals surface area contributed by atoms with Crippen LogP contribution >= 0.6 is 11.6 Å². The van der Waals surface area contributed by atoms with Crippen molar-refractivity contribution >= 4 is 11.6 Å². The number of nitrogens with two attached hydrogens (primary N) is 1. The van der Waals surface area contributed by atoms with Gasteiger partial charge in [0.15, 0.2) is 0 Å². The number of benzene rings is 1. The number of hydrogen-bond acceptors (Lipinski definition) is 1. The van der Waals surface area contributed by atoms with Gasteiger partial charge in [-0.15, -0.1) is 0 Å². The van der Waals surface area contributed by atoms with Crippen LogP contribution < -0.4 is 5.73 Å². The summed E-state index contributed by atoms with van der Waals surface area (Å²) < 4.78 is 13.2. The standard InChI is InChI=1S/C13H19ClFN/c1-2-3-4-5-11(16)8-10-6-7-12(14)13(15)9-10/h6-7,9,11H,2-5,8,16H2,1H3. The molecule has 0 spiro atoms. The lowest BCUT2D eigenvalue weighted by atomic mass is 10.0. The van der Waals surface area contributed by atoms with Crippen molar-refractivity contribution in [3.8, 4) is 0 Å². The Morgan fingerprint density at radius 3 is 2.75 bits per heavy atom. The first-order valence-electron chi connectivity index (χ1n) is 5.83. The first-order chi connectivity index (χ1) is 7.63. The first-order valence-corrected chi connectivity index (χ1v) is 6.20. The van der Waals surface area contributed by atoms with Crippen LogP contribution in [0.5, 0.6) is 0 Å². The maximum atomic E-state index is 13.2. The van der Waals surface area contributed by atoms with Gasteiger partial charge in [-0.2, -0.15) is 0 Å². The number of rotatable bonds is 6. The molecule has 0 saturated heterocycles. The molecule has 0 aromatic heterocycles. The molecule has 1 aromatic carbocycles. The minimum absolute atomic E-state index is 0.118. The molecule has 1 aromatic rings. The molecule has 0 radical (unpaired) electrons. The van der Waals surface area contributed by atoms with Gasteiger partial charge >= 0.3 is 0 Å². The van der Waals surface area contributed by atoms with Gasteiger partial charge < -0.3 is 5.73 Å². The summed E-state index contributed by atoms with van der Waals surface area (Å²) in [6.45, 7) is 2.17. The van der Waals surface area contributed by atoms with E-state index < -0.39 is 0 Å². The molecule has 16 heavy (non-hydrogen) atoms. The minimum Gasteiger partial charge on any atom is -0.327 e. The summed E-state index contributed by atoms with van der Waals surface area (Å²) >= 11 is 5.61. The van der Waals surface area contributed by atoms with E-state index in [1.54, 1.807) is 6.07 Å². The molecule has 0 aliphatic heterocycles. The molecular weight excluding hydrogens is 225 g/mol. The highest BCUT2D eigenvalue weighted by Gasteiger charge is 2.06. The quantitative estimate of drug-likeness (QED) is 0.753. The predicted octanol–water partition coefficient (Wildman–Crippen LogP) is 3.93. The van der Waals surface area contributed by atoms with Crippen LogP contribution in [0.3, 0.4) is 0 Å². The smallest absolute Gasteiger partial charge is 0.142 e. The van der Waals surface area contributed by atoms with E-state index in [1.165, 1.54) is 18.9 Å². The number of halogens is 2. The zero-order valence-corrected chi connectivity index (χ0v) is 10.4. The first kappa shape index (κ1) is 13.5. The van der Waals surface area contributed by atoms with E-state index in [0.717, 1.165) is 24.8 Å². The molecule has 0 amide bonds. The topological polar surface area (TPSA) is 26.0 Å². The lowest BCUT2D eigenvalue weighted by Gasteiger charge is -2.11. The maximum absolute atomic E-state index is 13.2. The summed E-state index contributed by atoms with van der Waals surface area (Å²) in [6.07, 6.45) is 5.27. The van der Waals surface area contributed by atoms with Crippen molar-refractivity contribution in [3.05, 3.63) is 34.6 Å². The van der Waals surface area contributed by atoms with E-state index >= 15 is 0 Å². The Labute approximate surface area is 102 Å². The van der Waals surface area contributed by atoms with Gasteiger partial charge in [-0.1, -0.05) is 43.9 Å². The Balaban J connectivity index is 2.43. The zero-order valence-electron chi connectivity index (χ0n) is 9.68. The van der Waals surface area contributed by atoms with Crippen molar-refractivity contribution in [1.82, 2.24) is 0 Å². The molecular formula is C13H19ClFN. The van der Waals surface area contributed by atoms with E-state index in [4.69, 9.17) is 17.3 Å². The van der Waals surface area contributed by atoms with E-state index in [0.29, 0.717) is 0 Å². The van der Waals surface area contributed by atoms with Gasteiger partial charge in [-0.05, 0) is 30.5 Å². The van der Waals surface area contributed by atoms with Crippen LogP contribution in [0, 0.1) is 5.82 Å². The van der Waals surface area contributed by atoms with Gasteiger partial charge in [0.2, 0.25) is 0 Å². The Bertz CT molecular complexity index is 328. The second kappa shape index (κ2) is 6.87. The molecule has 0 bridgehead atoms. The molecule has 0 saturated carbocycles. The molecule has 3 heteroatoms. The van der Waals surface area contributed by atoms with Crippen molar-refractivity contribution in [1.29, 1.82) is 0 Å². The fourth-order valence-corrected chi connectivity index (χ4v) is 1.85. The normalized spacial score (nSPS) is 12.8. The third-order valence-corrected chi connectivity index (χ3v) is 2.97. The summed E-state index contributed by atoms with van der Waals surface area (Å²) in [7, 11) is 0. The second-order valence-corrected chi connectivity index (χ2v) is 4.62. The largest absolute Gasteiger partial charge is 0.327 e. The lowest BCUT2D eigenvalue weighted by Crippen LogP contribution is -2.22. The van der Waals surface area contributed by atoms with Crippen LogP contribution in [0.2, 0.25) is 5.02 Å². The highest BCUT2D eigenvalue weighted by molar-refractivity contribution is 6.30. The van der Waals surface area contributed by atoms with Gasteiger partial charge in [-0.3, -0.25) is 0 Å². The molecule has 1 atom stereocenters. The van der Waals surface area contributed by atoms with Crippen LogP contribution in [-0.2, 0) is 6.42 Å². The van der Waals surface area contributed by atoms with E-state index in [1.807, 2.05) is 6.07 Å². The minimum atomic E-state index is -0.361. The van der Waals surface area contributed by atoms with Gasteiger partial charge in [0, 0.05) is 6.04 Å². The van der Waals surface area contributed by atoms with Gasteiger partial charge in [0.1, 0.15) is 5.82 Å². The van der Waals surface area contributed by atoms with E-state index in [-0.39, 0.29) is 16.9 Å². The summed E-state index contributed by atoms with van der Waals surface area (Å²) in [6, 6.07) is 5.02. The van der Waals surface area contributed by atoms with Crippen molar-refractivity contribution in [2.24, 2.45) is 5.73 Å². The van der Waals surface area contributed by atoms with Gasteiger partial charge in [0.25, 0.3) is 0 Å². The van der Waals surface area contributed by atoms with Crippen molar-refractivity contribution in [2.45, 2.75) is 45.1 Å². The lowest BCUT2D eigenvalue weighted by molar-refractivity contribution is 0.554. The van der Waals surface area contributed by atoms with Crippen molar-refractivity contribution in [3.63, 3.8) is 0 Å². The third kappa shape index (κ3) is 4.50. The van der Waals surface area contributed by atoms with Crippen molar-refractivity contribution < 1.29 is 4.39 Å². The Hall–Kier alpha value is -0.600. The van der Waals surface area contributed by atoms with E-state index in [9.17, 15) is 4.39 Å². The molecule has 0 fully saturated rings. The summed E-state index contributed by atoms with van der Waals surface area (Å²) in [5.74, 6) is -0.361. The van der Waals surface area contributed by atoms with Gasteiger partial charge in [-0.25, -0.2) is 4.39 Å². The Morgan fingerprint density at radius 2 is 2.12 bits per heavy atom. The van der Waals surface area contributed by atoms with Crippen LogP contribution in [0.1, 0.15) is 38.2 Å². The Kier molecular flexibility index (Phi) is 5.78. The Morgan fingerprint density at radius 1 is 1.38 bits per heavy atom. The fourth-order valence-electron chi connectivity index (χ4n) is 1.73. The van der Waals surface area contributed by atoms with Crippen molar-refractivity contribution in [2.75, 3.05) is 0 Å². The molecule has 0 heterocycles. The average Bonchev–Trinajstić information content (AvgIpc) is 2.24. The number of unbranched alkanes of at least 4 members (excludes halogenated alkanes) is 2. The second-order valence-electron chi connectivity index (χ2n) is 4.21. The van der Waals surface area contributed by atoms with Gasteiger partial charge in [0.05, 0.1) is 5.02 Å². The zero-order chi connectivity index (χ0) is 12.0. The summed E-state index contributed by atoms with van der Waals surface area (Å²) in [5, 5.41) is 0.170. The fraction of sp³-hybridized carbons (Fsp3) is 0.538. The molecule has 0 aliphatic rings. The van der Waals surface area contributed by atoms with Crippen LogP contribution in [0.15, 0.2) is 18.2 Å². The monoisotopic (exact) mass is 243 g/mol. The predicted molar refractivity (Wildman–Crippen MR) is 67.2 cm³/mol. The molecule has 2 N–H and O–H groups in total. The van der Waals surface area contributed by atoms with E-state index in [2.05, 4.69) is 6.92 Å². The number of hydrogen-bond donors (Lipinski definition) is 1. The van der Waals surface area contributed by atoms with Crippen LogP contribution in [-0.4, -0.2) is 6.04 Å². The molecule has 1 nitrogen and oxygen atoms in total. The molecule has 90 valence electrons. The SMILES string of the molecule is CCCCCC(N)Cc1ccc(Cl)c(F)c1. The molecule has 1 unspecified atom stereocenters. The average molecular weight is 244 g/mol. The highest BCUT2D eigenvalue weighted by Crippen LogP contribution is 2.17. The highest BCUT2D eigenvalue weighted by atomic mass is 35.5. The third-order valence-electron chi connectivity index (χ3n) is 2.66. The maximum Gasteiger partial charge on any atom is 0.142 e. The molecule has 0 aliphatic carbocycles. The summed E-state index contributed by atoms with van der Waals surface area (Å²) in [5.41, 5.74) is 6.90. The van der Waals surface area contributed by atoms with Crippen LogP contribution in [0.25, 0.3) is 0 Å². The van der Waals surface area contributed by atoms with Crippen LogP contribution in [0.4, 0.5) is 4.39 Å². The summed E-state index contributed by atoms with van der Waals surface area (Å²) in [4.78, 5) is 0.